The fourth-order valence-corrected chi connectivity index (χ4v) is 4.17. The number of thiophene rings is 1. The maximum atomic E-state index is 12.3. The molecule has 0 aliphatic carbocycles. The Kier molecular flexibility index (Phi) is 6.25. The Morgan fingerprint density at radius 2 is 1.83 bits per heavy atom. The number of carbonyl (C=O) groups excluding carboxylic acids is 1. The molecule has 2 aromatic carbocycles. The number of aromatic hydroxyl groups is 1. The minimum atomic E-state index is -0.112. The highest BCUT2D eigenvalue weighted by atomic mass is 35.5. The predicted molar refractivity (Wildman–Crippen MR) is 123 cm³/mol. The summed E-state index contributed by atoms with van der Waals surface area (Å²) in [5, 5.41) is 13.1. The summed E-state index contributed by atoms with van der Waals surface area (Å²) in [6.45, 7) is 8.34. The third-order valence-corrected chi connectivity index (χ3v) is 6.03. The van der Waals surface area contributed by atoms with Crippen LogP contribution in [-0.2, 0) is 5.41 Å². The van der Waals surface area contributed by atoms with E-state index in [0.29, 0.717) is 21.9 Å². The molecule has 0 aliphatic rings. The van der Waals surface area contributed by atoms with Crippen molar-refractivity contribution >= 4 is 34.4 Å². The molecule has 0 aliphatic heterocycles. The molecular formula is C24H24ClNO2S. The molecule has 3 nitrogen and oxygen atoms in total. The van der Waals surface area contributed by atoms with Gasteiger partial charge in [0.1, 0.15) is 12.3 Å². The number of rotatable bonds is 5. The molecule has 0 saturated carbocycles. The summed E-state index contributed by atoms with van der Waals surface area (Å²) in [6, 6.07) is 15.1. The third kappa shape index (κ3) is 4.95. The van der Waals surface area contributed by atoms with Gasteiger partial charge < -0.3 is 5.11 Å². The molecule has 1 N–H and O–H groups in total. The summed E-state index contributed by atoms with van der Waals surface area (Å²) in [6.07, 6.45) is 0. The molecule has 29 heavy (non-hydrogen) atoms. The van der Waals surface area contributed by atoms with Crippen LogP contribution in [0.3, 0.4) is 0 Å². The molecule has 1 aromatic heterocycles. The van der Waals surface area contributed by atoms with E-state index in [1.54, 1.807) is 31.2 Å². The molecule has 3 aromatic rings. The predicted octanol–water partition coefficient (Wildman–Crippen LogP) is 6.76. The lowest BCUT2D eigenvalue weighted by Crippen LogP contribution is -2.10. The largest absolute Gasteiger partial charge is 0.506 e. The van der Waals surface area contributed by atoms with E-state index >= 15 is 0 Å². The van der Waals surface area contributed by atoms with E-state index < -0.39 is 0 Å². The van der Waals surface area contributed by atoms with Crippen molar-refractivity contribution in [1.82, 2.24) is 0 Å². The Morgan fingerprint density at radius 1 is 1.14 bits per heavy atom. The first kappa shape index (κ1) is 21.3. The average Bonchev–Trinajstić information content (AvgIpc) is 3.06. The monoisotopic (exact) mass is 425 g/mol. The van der Waals surface area contributed by atoms with Crippen molar-refractivity contribution in [3.63, 3.8) is 0 Å². The van der Waals surface area contributed by atoms with Crippen molar-refractivity contribution in [3.8, 4) is 16.2 Å². The molecule has 0 saturated heterocycles. The third-order valence-electron chi connectivity index (χ3n) is 4.77. The summed E-state index contributed by atoms with van der Waals surface area (Å²) in [7, 11) is 0. The first-order valence-electron chi connectivity index (χ1n) is 9.38. The molecule has 0 unspecified atom stereocenters. The number of carbonyl (C=O) groups is 1. The second kappa shape index (κ2) is 8.52. The number of ketones is 1. The van der Waals surface area contributed by atoms with Gasteiger partial charge in [0.05, 0.1) is 4.88 Å². The van der Waals surface area contributed by atoms with Crippen LogP contribution in [0.15, 0.2) is 58.9 Å². The molecular weight excluding hydrogens is 402 g/mol. The molecule has 0 spiro atoms. The van der Waals surface area contributed by atoms with E-state index in [0.717, 1.165) is 10.4 Å². The van der Waals surface area contributed by atoms with Crippen LogP contribution in [0.25, 0.3) is 10.4 Å². The Bertz CT molecular complexity index is 1060. The highest BCUT2D eigenvalue weighted by molar-refractivity contribution is 7.14. The zero-order chi connectivity index (χ0) is 21.2. The maximum Gasteiger partial charge on any atom is 0.184 e. The standard InChI is InChI=1S/C24H24ClNO2S/c1-15(26-13-21(27)17-6-5-7-19(25)12-17)20-14-29-23(22(20)28)16-8-10-18(11-9-16)24(2,3)4/h5-12,14,28H,13H2,1-4H3. The second-order valence-corrected chi connectivity index (χ2v) is 9.31. The summed E-state index contributed by atoms with van der Waals surface area (Å²) in [5.41, 5.74) is 4.11. The maximum absolute atomic E-state index is 12.3. The highest BCUT2D eigenvalue weighted by Crippen LogP contribution is 2.39. The minimum Gasteiger partial charge on any atom is -0.506 e. The zero-order valence-corrected chi connectivity index (χ0v) is 18.6. The van der Waals surface area contributed by atoms with Crippen molar-refractivity contribution in [2.24, 2.45) is 4.99 Å². The van der Waals surface area contributed by atoms with Crippen LogP contribution in [0, 0.1) is 0 Å². The van der Waals surface area contributed by atoms with Gasteiger partial charge in [-0.15, -0.1) is 11.3 Å². The smallest absolute Gasteiger partial charge is 0.184 e. The molecule has 0 fully saturated rings. The number of hydrogen-bond donors (Lipinski definition) is 1. The van der Waals surface area contributed by atoms with Gasteiger partial charge in [-0.3, -0.25) is 9.79 Å². The van der Waals surface area contributed by atoms with Crippen LogP contribution in [0.4, 0.5) is 0 Å². The van der Waals surface area contributed by atoms with Crippen molar-refractivity contribution < 1.29 is 9.90 Å². The van der Waals surface area contributed by atoms with Crippen molar-refractivity contribution in [1.29, 1.82) is 0 Å². The molecule has 5 heteroatoms. The van der Waals surface area contributed by atoms with Crippen molar-refractivity contribution in [2.45, 2.75) is 33.1 Å². The van der Waals surface area contributed by atoms with Gasteiger partial charge in [0.25, 0.3) is 0 Å². The number of aliphatic imine (C=N–C) groups is 1. The van der Waals surface area contributed by atoms with Gasteiger partial charge in [0, 0.05) is 27.2 Å². The van der Waals surface area contributed by atoms with Crippen LogP contribution in [0.1, 0.15) is 49.2 Å². The molecule has 150 valence electrons. The van der Waals surface area contributed by atoms with Crippen LogP contribution in [-0.4, -0.2) is 23.1 Å². The number of halogens is 1. The van der Waals surface area contributed by atoms with E-state index in [2.05, 4.69) is 37.9 Å². The molecule has 3 rings (SSSR count). The average molecular weight is 426 g/mol. The Balaban J connectivity index is 1.79. The first-order chi connectivity index (χ1) is 13.7. The van der Waals surface area contributed by atoms with Crippen LogP contribution < -0.4 is 0 Å². The fraction of sp³-hybridized carbons (Fsp3) is 0.250. The highest BCUT2D eigenvalue weighted by Gasteiger charge is 2.17. The lowest BCUT2D eigenvalue weighted by atomic mass is 9.86. The number of hydrogen-bond acceptors (Lipinski definition) is 4. The van der Waals surface area contributed by atoms with Gasteiger partial charge >= 0.3 is 0 Å². The van der Waals surface area contributed by atoms with Gasteiger partial charge in [-0.25, -0.2) is 0 Å². The lowest BCUT2D eigenvalue weighted by Gasteiger charge is -2.19. The van der Waals surface area contributed by atoms with E-state index in [9.17, 15) is 9.90 Å². The van der Waals surface area contributed by atoms with Crippen molar-refractivity contribution in [3.05, 3.63) is 75.6 Å². The summed E-state index contributed by atoms with van der Waals surface area (Å²) >= 11 is 7.41. The van der Waals surface area contributed by atoms with E-state index in [4.69, 9.17) is 11.6 Å². The Morgan fingerprint density at radius 3 is 2.45 bits per heavy atom. The minimum absolute atomic E-state index is 0.0110. The number of benzene rings is 2. The van der Waals surface area contributed by atoms with E-state index in [-0.39, 0.29) is 23.5 Å². The second-order valence-electron chi connectivity index (χ2n) is 7.99. The van der Waals surface area contributed by atoms with E-state index in [1.165, 1.54) is 16.9 Å². The topological polar surface area (TPSA) is 49.7 Å². The SMILES string of the molecule is CC(=NCC(=O)c1cccc(Cl)c1)c1csc(-c2ccc(C(C)(C)C)cc2)c1O. The van der Waals surface area contributed by atoms with Gasteiger partial charge in [-0.1, -0.05) is 68.8 Å². The summed E-state index contributed by atoms with van der Waals surface area (Å²) in [4.78, 5) is 17.5. The molecule has 0 bridgehead atoms. The van der Waals surface area contributed by atoms with Crippen LogP contribution in [0.5, 0.6) is 5.75 Å². The van der Waals surface area contributed by atoms with Gasteiger partial charge in [-0.05, 0) is 35.6 Å². The van der Waals surface area contributed by atoms with Gasteiger partial charge in [-0.2, -0.15) is 0 Å². The van der Waals surface area contributed by atoms with Crippen LogP contribution in [0.2, 0.25) is 5.02 Å². The zero-order valence-electron chi connectivity index (χ0n) is 17.0. The lowest BCUT2D eigenvalue weighted by molar-refractivity contribution is 0.100. The quantitative estimate of drug-likeness (QED) is 0.362. The van der Waals surface area contributed by atoms with E-state index in [1.807, 2.05) is 17.5 Å². The fourth-order valence-electron chi connectivity index (χ4n) is 2.96. The van der Waals surface area contributed by atoms with Gasteiger partial charge in [0.2, 0.25) is 0 Å². The normalized spacial score (nSPS) is 12.2. The summed E-state index contributed by atoms with van der Waals surface area (Å²) in [5.74, 6) is 0.0922. The van der Waals surface area contributed by atoms with Gasteiger partial charge in [0.15, 0.2) is 5.78 Å². The number of nitrogens with zero attached hydrogens (tertiary/aromatic N) is 1. The Hall–Kier alpha value is -2.43. The van der Waals surface area contributed by atoms with Crippen LogP contribution >= 0.6 is 22.9 Å². The first-order valence-corrected chi connectivity index (χ1v) is 10.6. The molecule has 1 heterocycles. The number of Topliss-reactive ketones (excluding diaryl/α,β-unsaturated/α-hetero) is 1. The molecule has 0 atom stereocenters. The van der Waals surface area contributed by atoms with Crippen molar-refractivity contribution in [2.75, 3.05) is 6.54 Å². The Labute approximate surface area is 180 Å². The molecule has 0 radical (unpaired) electrons. The molecule has 0 amide bonds. The summed E-state index contributed by atoms with van der Waals surface area (Å²) < 4.78 is 0.